The summed E-state index contributed by atoms with van der Waals surface area (Å²) in [5, 5.41) is 11.6. The molecule has 0 aliphatic heterocycles. The third-order valence-electron chi connectivity index (χ3n) is 3.59. The summed E-state index contributed by atoms with van der Waals surface area (Å²) in [6.45, 7) is 0. The molecule has 0 atom stereocenters. The highest BCUT2D eigenvalue weighted by molar-refractivity contribution is 5.94. The lowest BCUT2D eigenvalue weighted by Crippen LogP contribution is -2.26. The highest BCUT2D eigenvalue weighted by Crippen LogP contribution is 2.14. The molecule has 122 valence electrons. The second-order valence-corrected chi connectivity index (χ2v) is 5.38. The van der Waals surface area contributed by atoms with E-state index in [2.05, 4.69) is 5.32 Å². The number of para-hydroxylation sites is 1. The summed E-state index contributed by atoms with van der Waals surface area (Å²) < 4.78 is 0. The number of carbonyl (C=O) groups excluding carboxylic acids is 2. The van der Waals surface area contributed by atoms with Crippen molar-refractivity contribution in [1.29, 1.82) is 5.26 Å². The quantitative estimate of drug-likeness (QED) is 0.887. The van der Waals surface area contributed by atoms with E-state index in [1.165, 1.54) is 0 Å². The van der Waals surface area contributed by atoms with Crippen LogP contribution in [0.25, 0.3) is 0 Å². The van der Waals surface area contributed by atoms with Crippen LogP contribution in [0, 0.1) is 11.3 Å². The van der Waals surface area contributed by atoms with Crippen molar-refractivity contribution in [3.8, 4) is 6.07 Å². The van der Waals surface area contributed by atoms with Gasteiger partial charge in [0, 0.05) is 31.3 Å². The zero-order valence-corrected chi connectivity index (χ0v) is 13.5. The van der Waals surface area contributed by atoms with Gasteiger partial charge in [-0.3, -0.25) is 9.59 Å². The van der Waals surface area contributed by atoms with Crippen molar-refractivity contribution < 1.29 is 9.59 Å². The largest absolute Gasteiger partial charge is 0.326 e. The van der Waals surface area contributed by atoms with E-state index in [1.807, 2.05) is 36.4 Å². The monoisotopic (exact) mass is 321 g/mol. The van der Waals surface area contributed by atoms with E-state index in [1.54, 1.807) is 36.2 Å². The molecular weight excluding hydrogens is 302 g/mol. The molecular formula is C19H19N3O2. The lowest BCUT2D eigenvalue weighted by Gasteiger charge is -2.17. The molecule has 0 heterocycles. The van der Waals surface area contributed by atoms with Crippen molar-refractivity contribution in [1.82, 2.24) is 0 Å². The first-order valence-electron chi connectivity index (χ1n) is 7.72. The Morgan fingerprint density at radius 3 is 2.54 bits per heavy atom. The van der Waals surface area contributed by atoms with Gasteiger partial charge in [0.1, 0.15) is 0 Å². The van der Waals surface area contributed by atoms with Crippen LogP contribution in [0.15, 0.2) is 54.6 Å². The van der Waals surface area contributed by atoms with E-state index in [4.69, 9.17) is 5.26 Å². The second kappa shape index (κ2) is 8.49. The minimum Gasteiger partial charge on any atom is -0.326 e. The molecule has 5 nitrogen and oxygen atoms in total. The summed E-state index contributed by atoms with van der Waals surface area (Å²) in [5.74, 6) is -0.194. The first-order valence-corrected chi connectivity index (χ1v) is 7.72. The van der Waals surface area contributed by atoms with Gasteiger partial charge in [-0.1, -0.05) is 24.3 Å². The average Bonchev–Trinajstić information content (AvgIpc) is 2.61. The van der Waals surface area contributed by atoms with Gasteiger partial charge < -0.3 is 10.2 Å². The molecule has 0 fully saturated rings. The molecule has 1 N–H and O–H groups in total. The Labute approximate surface area is 141 Å². The topological polar surface area (TPSA) is 73.2 Å². The average molecular weight is 321 g/mol. The van der Waals surface area contributed by atoms with Gasteiger partial charge in [0.05, 0.1) is 11.6 Å². The molecule has 0 bridgehead atoms. The smallest absolute Gasteiger partial charge is 0.226 e. The standard InChI is InChI=1S/C19H19N3O2/c1-22(17-9-3-2-4-10-17)19(24)12-6-11-18(23)21-16-8-5-7-15(13-16)14-20/h2-5,7-10,13H,6,11-12H2,1H3,(H,21,23). The van der Waals surface area contributed by atoms with E-state index in [9.17, 15) is 9.59 Å². The van der Waals surface area contributed by atoms with Gasteiger partial charge in [0.25, 0.3) is 0 Å². The zero-order chi connectivity index (χ0) is 17.4. The van der Waals surface area contributed by atoms with Crippen molar-refractivity contribution >= 4 is 23.2 Å². The van der Waals surface area contributed by atoms with E-state index in [-0.39, 0.29) is 18.2 Å². The van der Waals surface area contributed by atoms with Gasteiger partial charge in [-0.2, -0.15) is 5.26 Å². The Morgan fingerprint density at radius 1 is 1.08 bits per heavy atom. The lowest BCUT2D eigenvalue weighted by atomic mass is 10.2. The summed E-state index contributed by atoms with van der Waals surface area (Å²) in [7, 11) is 1.73. The Morgan fingerprint density at radius 2 is 1.83 bits per heavy atom. The van der Waals surface area contributed by atoms with Crippen LogP contribution in [0.1, 0.15) is 24.8 Å². The molecule has 2 aromatic rings. The molecule has 24 heavy (non-hydrogen) atoms. The predicted octanol–water partition coefficient (Wildman–Crippen LogP) is 3.33. The van der Waals surface area contributed by atoms with Gasteiger partial charge >= 0.3 is 0 Å². The summed E-state index contributed by atoms with van der Waals surface area (Å²) in [5.41, 5.74) is 1.92. The third kappa shape index (κ3) is 4.96. The maximum absolute atomic E-state index is 12.1. The van der Waals surface area contributed by atoms with E-state index in [0.29, 0.717) is 24.1 Å². The summed E-state index contributed by atoms with van der Waals surface area (Å²) >= 11 is 0. The highest BCUT2D eigenvalue weighted by Gasteiger charge is 2.11. The van der Waals surface area contributed by atoms with Gasteiger partial charge in [0.2, 0.25) is 11.8 Å². The number of benzene rings is 2. The molecule has 0 aliphatic rings. The van der Waals surface area contributed by atoms with E-state index in [0.717, 1.165) is 5.69 Å². The fraction of sp³-hybridized carbons (Fsp3) is 0.211. The van der Waals surface area contributed by atoms with Gasteiger partial charge in [0.15, 0.2) is 0 Å². The number of nitrogens with one attached hydrogen (secondary N) is 1. The number of hydrogen-bond donors (Lipinski definition) is 1. The molecule has 0 saturated carbocycles. The fourth-order valence-electron chi connectivity index (χ4n) is 2.25. The maximum Gasteiger partial charge on any atom is 0.226 e. The molecule has 5 heteroatoms. The molecule has 2 rings (SSSR count). The second-order valence-electron chi connectivity index (χ2n) is 5.38. The molecule has 0 aromatic heterocycles. The predicted molar refractivity (Wildman–Crippen MR) is 93.5 cm³/mol. The Balaban J connectivity index is 1.78. The normalized spacial score (nSPS) is 9.83. The minimum absolute atomic E-state index is 0.0273. The van der Waals surface area contributed by atoms with Crippen molar-refractivity contribution in [3.63, 3.8) is 0 Å². The number of nitrogens with zero attached hydrogens (tertiary/aromatic N) is 2. The van der Waals surface area contributed by atoms with E-state index < -0.39 is 0 Å². The Kier molecular flexibility index (Phi) is 6.09. The molecule has 0 unspecified atom stereocenters. The number of anilines is 2. The van der Waals surface area contributed by atoms with Crippen molar-refractivity contribution in [2.45, 2.75) is 19.3 Å². The molecule has 0 radical (unpaired) electrons. The summed E-state index contributed by atoms with van der Waals surface area (Å²) in [6, 6.07) is 18.1. The van der Waals surface area contributed by atoms with Crippen molar-refractivity contribution in [2.24, 2.45) is 0 Å². The fourth-order valence-corrected chi connectivity index (χ4v) is 2.25. The number of carbonyl (C=O) groups is 2. The van der Waals surface area contributed by atoms with Crippen molar-refractivity contribution in [2.75, 3.05) is 17.3 Å². The van der Waals surface area contributed by atoms with Gasteiger partial charge in [-0.05, 0) is 36.8 Å². The van der Waals surface area contributed by atoms with Crippen LogP contribution in [0.2, 0.25) is 0 Å². The molecule has 2 aromatic carbocycles. The molecule has 0 aliphatic carbocycles. The van der Waals surface area contributed by atoms with Crippen LogP contribution in [0.5, 0.6) is 0 Å². The number of hydrogen-bond acceptors (Lipinski definition) is 3. The zero-order valence-electron chi connectivity index (χ0n) is 13.5. The van der Waals surface area contributed by atoms with Crippen molar-refractivity contribution in [3.05, 3.63) is 60.2 Å². The number of rotatable bonds is 6. The SMILES string of the molecule is CN(C(=O)CCCC(=O)Nc1cccc(C#N)c1)c1ccccc1. The maximum atomic E-state index is 12.1. The summed E-state index contributed by atoms with van der Waals surface area (Å²) in [4.78, 5) is 25.6. The lowest BCUT2D eigenvalue weighted by molar-refractivity contribution is -0.118. The minimum atomic E-state index is -0.166. The highest BCUT2D eigenvalue weighted by atomic mass is 16.2. The van der Waals surface area contributed by atoms with Crippen LogP contribution < -0.4 is 10.2 Å². The summed E-state index contributed by atoms with van der Waals surface area (Å²) in [6.07, 6.45) is 1.03. The number of amides is 2. The first-order chi connectivity index (χ1) is 11.6. The van der Waals surface area contributed by atoms with Gasteiger partial charge in [-0.15, -0.1) is 0 Å². The third-order valence-corrected chi connectivity index (χ3v) is 3.59. The van der Waals surface area contributed by atoms with Gasteiger partial charge in [-0.25, -0.2) is 0 Å². The molecule has 0 spiro atoms. The molecule has 2 amide bonds. The van der Waals surface area contributed by atoms with Crippen LogP contribution >= 0.6 is 0 Å². The Bertz CT molecular complexity index is 751. The number of nitriles is 1. The first kappa shape index (κ1) is 17.2. The van der Waals surface area contributed by atoms with Crippen LogP contribution in [0.4, 0.5) is 11.4 Å². The van der Waals surface area contributed by atoms with E-state index >= 15 is 0 Å². The van der Waals surface area contributed by atoms with Crippen LogP contribution in [-0.4, -0.2) is 18.9 Å². The van der Waals surface area contributed by atoms with Crippen LogP contribution in [0.3, 0.4) is 0 Å². The molecule has 0 saturated heterocycles. The Hall–Kier alpha value is -3.13. The van der Waals surface area contributed by atoms with Crippen LogP contribution in [-0.2, 0) is 9.59 Å².